The van der Waals surface area contributed by atoms with Gasteiger partial charge in [0.2, 0.25) is 0 Å². The van der Waals surface area contributed by atoms with Gasteiger partial charge in [-0.15, -0.1) is 0 Å². The predicted molar refractivity (Wildman–Crippen MR) is 127 cm³/mol. The molecule has 1 aliphatic rings. The maximum Gasteiger partial charge on any atom is 0.490 e. The second kappa shape index (κ2) is 10.5. The van der Waals surface area contributed by atoms with Gasteiger partial charge in [0.1, 0.15) is 5.82 Å². The third-order valence-electron chi connectivity index (χ3n) is 5.83. The van der Waals surface area contributed by atoms with Crippen LogP contribution in [0.5, 0.6) is 0 Å². The Morgan fingerprint density at radius 2 is 1.88 bits per heavy atom. The zero-order chi connectivity index (χ0) is 22.3. The van der Waals surface area contributed by atoms with Gasteiger partial charge < -0.3 is 19.9 Å². The number of H-pyrrole nitrogens is 1. The van der Waals surface area contributed by atoms with E-state index in [1.807, 2.05) is 12.3 Å². The van der Waals surface area contributed by atoms with Crippen molar-refractivity contribution in [1.82, 2.24) is 24.8 Å². The summed E-state index contributed by atoms with van der Waals surface area (Å²) in [5.41, 5.74) is 4.88. The van der Waals surface area contributed by atoms with Gasteiger partial charge in [0.05, 0.1) is 11.0 Å². The SMILES string of the molecule is C[C@@H]1CCCN1CCc1nc2ccc(-c3cccnc3)cc2[nH]1.OB(O)c1cccnc1. The molecule has 0 unspecified atom stereocenters. The van der Waals surface area contributed by atoms with Gasteiger partial charge in [0.25, 0.3) is 0 Å². The summed E-state index contributed by atoms with van der Waals surface area (Å²) in [4.78, 5) is 18.7. The van der Waals surface area contributed by atoms with Crippen molar-refractivity contribution in [2.75, 3.05) is 13.1 Å². The zero-order valence-electron chi connectivity index (χ0n) is 18.2. The van der Waals surface area contributed by atoms with Crippen molar-refractivity contribution in [3.05, 3.63) is 73.1 Å². The third kappa shape index (κ3) is 5.59. The Balaban J connectivity index is 0.000000230. The van der Waals surface area contributed by atoms with E-state index >= 15 is 0 Å². The molecule has 7 nitrogen and oxygen atoms in total. The maximum absolute atomic E-state index is 8.54. The molecule has 0 amide bonds. The average Bonchev–Trinajstić information content (AvgIpc) is 3.44. The van der Waals surface area contributed by atoms with Gasteiger partial charge in [-0.05, 0) is 56.1 Å². The molecule has 3 aromatic heterocycles. The zero-order valence-corrected chi connectivity index (χ0v) is 18.2. The number of rotatable bonds is 5. The molecule has 0 spiro atoms. The highest BCUT2D eigenvalue weighted by atomic mass is 16.4. The number of hydrogen-bond donors (Lipinski definition) is 3. The summed E-state index contributed by atoms with van der Waals surface area (Å²) in [7, 11) is -1.40. The quantitative estimate of drug-likeness (QED) is 0.422. The highest BCUT2D eigenvalue weighted by molar-refractivity contribution is 6.58. The molecule has 0 radical (unpaired) electrons. The van der Waals surface area contributed by atoms with Crippen molar-refractivity contribution in [1.29, 1.82) is 0 Å². The van der Waals surface area contributed by atoms with Crippen LogP contribution in [0.25, 0.3) is 22.2 Å². The van der Waals surface area contributed by atoms with E-state index in [2.05, 4.69) is 51.0 Å². The van der Waals surface area contributed by atoms with Crippen LogP contribution in [0, 0.1) is 0 Å². The van der Waals surface area contributed by atoms with Crippen molar-refractivity contribution in [3.8, 4) is 11.1 Å². The van der Waals surface area contributed by atoms with Crippen LogP contribution in [-0.4, -0.2) is 61.1 Å². The van der Waals surface area contributed by atoms with E-state index in [1.54, 1.807) is 24.5 Å². The molecule has 1 aliphatic heterocycles. The van der Waals surface area contributed by atoms with Gasteiger partial charge in [-0.25, -0.2) is 4.98 Å². The number of nitrogens with zero attached hydrogens (tertiary/aromatic N) is 4. The van der Waals surface area contributed by atoms with Gasteiger partial charge in [-0.3, -0.25) is 9.97 Å². The lowest BCUT2D eigenvalue weighted by Gasteiger charge is -2.19. The Morgan fingerprint density at radius 3 is 2.50 bits per heavy atom. The molecule has 5 rings (SSSR count). The number of likely N-dealkylation sites (tertiary alicyclic amines) is 1. The second-order valence-corrected chi connectivity index (χ2v) is 8.09. The first-order chi connectivity index (χ1) is 15.6. The molecule has 4 aromatic rings. The van der Waals surface area contributed by atoms with E-state index in [9.17, 15) is 0 Å². The number of fused-ring (bicyclic) bond motifs is 1. The fourth-order valence-electron chi connectivity index (χ4n) is 4.00. The van der Waals surface area contributed by atoms with Crippen LogP contribution in [0.2, 0.25) is 0 Å². The molecule has 1 atom stereocenters. The number of nitrogens with one attached hydrogen (secondary N) is 1. The summed E-state index contributed by atoms with van der Waals surface area (Å²) < 4.78 is 0. The Kier molecular flexibility index (Phi) is 7.26. The van der Waals surface area contributed by atoms with Crippen LogP contribution >= 0.6 is 0 Å². The summed E-state index contributed by atoms with van der Waals surface area (Å²) in [6.45, 7) is 4.65. The first-order valence-electron chi connectivity index (χ1n) is 11.0. The minimum absolute atomic E-state index is 0.414. The van der Waals surface area contributed by atoms with Gasteiger partial charge in [0.15, 0.2) is 0 Å². The third-order valence-corrected chi connectivity index (χ3v) is 5.83. The molecular weight excluding hydrogens is 401 g/mol. The molecule has 0 aliphatic carbocycles. The van der Waals surface area contributed by atoms with Crippen LogP contribution in [0.15, 0.2) is 67.3 Å². The van der Waals surface area contributed by atoms with Crippen molar-refractivity contribution in [2.45, 2.75) is 32.2 Å². The number of aromatic amines is 1. The number of aromatic nitrogens is 4. The van der Waals surface area contributed by atoms with Crippen LogP contribution in [0.4, 0.5) is 0 Å². The lowest BCUT2D eigenvalue weighted by molar-refractivity contribution is 0.271. The Bertz CT molecular complexity index is 1120. The van der Waals surface area contributed by atoms with E-state index in [-0.39, 0.29) is 0 Å². The summed E-state index contributed by atoms with van der Waals surface area (Å²) >= 11 is 0. The van der Waals surface area contributed by atoms with Crippen LogP contribution in [0.3, 0.4) is 0 Å². The van der Waals surface area contributed by atoms with Crippen molar-refractivity contribution >= 4 is 23.6 Å². The molecule has 3 N–H and O–H groups in total. The number of hydrogen-bond acceptors (Lipinski definition) is 6. The monoisotopic (exact) mass is 429 g/mol. The van der Waals surface area contributed by atoms with E-state index in [0.29, 0.717) is 5.46 Å². The molecule has 8 heteroatoms. The van der Waals surface area contributed by atoms with Crippen molar-refractivity contribution in [2.24, 2.45) is 0 Å². The molecule has 0 bridgehead atoms. The first kappa shape index (κ1) is 22.1. The Morgan fingerprint density at radius 1 is 1.06 bits per heavy atom. The largest absolute Gasteiger partial charge is 0.490 e. The van der Waals surface area contributed by atoms with E-state index < -0.39 is 7.12 Å². The Labute approximate surface area is 188 Å². The van der Waals surface area contributed by atoms with E-state index in [1.165, 1.54) is 31.1 Å². The fourth-order valence-corrected chi connectivity index (χ4v) is 4.00. The lowest BCUT2D eigenvalue weighted by Crippen LogP contribution is -2.29. The molecule has 1 aromatic carbocycles. The van der Waals surface area contributed by atoms with Gasteiger partial charge in [0, 0.05) is 54.8 Å². The fraction of sp³-hybridized carbons (Fsp3) is 0.292. The summed E-state index contributed by atoms with van der Waals surface area (Å²) in [5.74, 6) is 1.09. The normalized spacial score (nSPS) is 16.0. The molecule has 32 heavy (non-hydrogen) atoms. The summed E-state index contributed by atoms with van der Waals surface area (Å²) in [5, 5.41) is 17.1. The molecule has 0 saturated carbocycles. The first-order valence-corrected chi connectivity index (χ1v) is 11.0. The van der Waals surface area contributed by atoms with Crippen molar-refractivity contribution in [3.63, 3.8) is 0 Å². The van der Waals surface area contributed by atoms with Crippen LogP contribution < -0.4 is 5.46 Å². The summed E-state index contributed by atoms with van der Waals surface area (Å²) in [6, 6.07) is 14.4. The van der Waals surface area contributed by atoms with Gasteiger partial charge in [-0.2, -0.15) is 0 Å². The van der Waals surface area contributed by atoms with Gasteiger partial charge >= 0.3 is 7.12 Å². The number of imidazole rings is 1. The molecular formula is C24H28BN5O2. The van der Waals surface area contributed by atoms with Gasteiger partial charge in [-0.1, -0.05) is 18.2 Å². The highest BCUT2D eigenvalue weighted by Crippen LogP contribution is 2.23. The van der Waals surface area contributed by atoms with Crippen LogP contribution in [0.1, 0.15) is 25.6 Å². The minimum atomic E-state index is -1.40. The van der Waals surface area contributed by atoms with Crippen LogP contribution in [-0.2, 0) is 6.42 Å². The Hall–Kier alpha value is -3.07. The van der Waals surface area contributed by atoms with E-state index in [0.717, 1.165) is 41.4 Å². The molecule has 1 saturated heterocycles. The average molecular weight is 429 g/mol. The highest BCUT2D eigenvalue weighted by Gasteiger charge is 2.19. The van der Waals surface area contributed by atoms with Crippen molar-refractivity contribution < 1.29 is 10.0 Å². The molecule has 164 valence electrons. The second-order valence-electron chi connectivity index (χ2n) is 8.09. The smallest absolute Gasteiger partial charge is 0.423 e. The lowest BCUT2D eigenvalue weighted by atomic mass is 9.82. The molecule has 4 heterocycles. The minimum Gasteiger partial charge on any atom is -0.423 e. The standard InChI is InChI=1S/C19H22N4.C5H6BNO2/c1-14-4-3-10-23(14)11-8-19-21-17-7-6-15(12-18(17)22-19)16-5-2-9-20-13-16;8-6(9)5-2-1-3-7-4-5/h2,5-7,9,12-14H,3-4,8,10-11H2,1H3,(H,21,22);1-4,8-9H/t14-;/m1./s1. The number of pyridine rings is 2. The summed E-state index contributed by atoms with van der Waals surface area (Å²) in [6.07, 6.45) is 10.3. The number of benzene rings is 1. The molecule has 1 fully saturated rings. The predicted octanol–water partition coefficient (Wildman–Crippen LogP) is 2.41. The van der Waals surface area contributed by atoms with E-state index in [4.69, 9.17) is 15.0 Å². The maximum atomic E-state index is 8.54. The topological polar surface area (TPSA) is 98.2 Å².